The van der Waals surface area contributed by atoms with Gasteiger partial charge in [-0.15, -0.1) is 0 Å². The minimum Gasteiger partial charge on any atom is -0.341 e. The van der Waals surface area contributed by atoms with Gasteiger partial charge in [0, 0.05) is 56.2 Å². The summed E-state index contributed by atoms with van der Waals surface area (Å²) in [5.41, 5.74) is 0. The fourth-order valence-electron chi connectivity index (χ4n) is 3.52. The number of rotatable bonds is 2. The Labute approximate surface area is 120 Å². The molecule has 3 aliphatic heterocycles. The van der Waals surface area contributed by atoms with Crippen LogP contribution in [0.2, 0.25) is 0 Å². The average molecular weight is 283 g/mol. The zero-order valence-electron chi connectivity index (χ0n) is 11.6. The van der Waals surface area contributed by atoms with E-state index in [1.165, 1.54) is 31.7 Å². The van der Waals surface area contributed by atoms with E-state index in [2.05, 4.69) is 15.1 Å². The number of carbonyl (C=O) groups is 1. The largest absolute Gasteiger partial charge is 0.341 e. The van der Waals surface area contributed by atoms with Crippen molar-refractivity contribution in [2.24, 2.45) is 0 Å². The van der Waals surface area contributed by atoms with Crippen LogP contribution >= 0.6 is 11.8 Å². The van der Waals surface area contributed by atoms with Crippen molar-refractivity contribution in [3.8, 4) is 0 Å². The van der Waals surface area contributed by atoms with Crippen LogP contribution in [0.1, 0.15) is 25.7 Å². The Morgan fingerprint density at radius 1 is 1.26 bits per heavy atom. The quantitative estimate of drug-likeness (QED) is 0.812. The van der Waals surface area contributed by atoms with Crippen molar-refractivity contribution in [3.05, 3.63) is 0 Å². The molecule has 2 unspecified atom stereocenters. The number of nitrogens with one attached hydrogen (secondary N) is 1. The summed E-state index contributed by atoms with van der Waals surface area (Å²) in [5.74, 6) is 2.65. The minimum atomic E-state index is 0.369. The molecule has 2 atom stereocenters. The van der Waals surface area contributed by atoms with Crippen molar-refractivity contribution >= 4 is 17.7 Å². The summed E-state index contributed by atoms with van der Waals surface area (Å²) in [7, 11) is 0. The molecule has 5 heteroatoms. The van der Waals surface area contributed by atoms with Crippen LogP contribution in [0, 0.1) is 0 Å². The van der Waals surface area contributed by atoms with E-state index in [9.17, 15) is 4.79 Å². The van der Waals surface area contributed by atoms with Gasteiger partial charge in [0.25, 0.3) is 0 Å². The summed E-state index contributed by atoms with van der Waals surface area (Å²) in [6.45, 7) is 5.42. The lowest BCUT2D eigenvalue weighted by molar-refractivity contribution is -0.131. The van der Waals surface area contributed by atoms with Gasteiger partial charge >= 0.3 is 0 Å². The average Bonchev–Trinajstić information content (AvgIpc) is 2.77. The second-order valence-electron chi connectivity index (χ2n) is 5.96. The third-order valence-corrected chi connectivity index (χ3v) is 5.71. The Morgan fingerprint density at radius 2 is 2.16 bits per heavy atom. The molecule has 1 amide bonds. The van der Waals surface area contributed by atoms with Gasteiger partial charge in [-0.1, -0.05) is 0 Å². The second-order valence-corrected chi connectivity index (χ2v) is 7.11. The van der Waals surface area contributed by atoms with Gasteiger partial charge in [0.2, 0.25) is 5.91 Å². The lowest BCUT2D eigenvalue weighted by Crippen LogP contribution is -2.44. The Hall–Kier alpha value is -0.260. The highest BCUT2D eigenvalue weighted by Crippen LogP contribution is 2.22. The standard InChI is InChI=1S/C14H25N3OS/c18-14(9-12-11-19-8-4-15-12)17-7-2-6-16-5-1-3-13(16)10-17/h12-13,15H,1-11H2. The molecule has 0 bridgehead atoms. The lowest BCUT2D eigenvalue weighted by Gasteiger charge is -2.28. The van der Waals surface area contributed by atoms with Crippen LogP contribution in [0.4, 0.5) is 0 Å². The van der Waals surface area contributed by atoms with Crippen LogP contribution in [0.5, 0.6) is 0 Å². The molecule has 3 heterocycles. The van der Waals surface area contributed by atoms with Gasteiger partial charge in [-0.3, -0.25) is 9.69 Å². The van der Waals surface area contributed by atoms with Gasteiger partial charge in [0.1, 0.15) is 0 Å². The van der Waals surface area contributed by atoms with E-state index in [1.807, 2.05) is 11.8 Å². The third kappa shape index (κ3) is 3.44. The Kier molecular flexibility index (Phi) is 4.66. The van der Waals surface area contributed by atoms with Crippen molar-refractivity contribution in [2.75, 3.05) is 44.2 Å². The highest BCUT2D eigenvalue weighted by atomic mass is 32.2. The van der Waals surface area contributed by atoms with E-state index in [0.29, 0.717) is 24.4 Å². The molecule has 3 aliphatic rings. The molecule has 3 saturated heterocycles. The summed E-state index contributed by atoms with van der Waals surface area (Å²) in [6.07, 6.45) is 4.43. The predicted octanol–water partition coefficient (Wildman–Crippen LogP) is 0.778. The van der Waals surface area contributed by atoms with Crippen LogP contribution in [0.3, 0.4) is 0 Å². The van der Waals surface area contributed by atoms with Crippen molar-refractivity contribution in [3.63, 3.8) is 0 Å². The molecular weight excluding hydrogens is 258 g/mol. The molecule has 0 aromatic heterocycles. The molecule has 0 aromatic carbocycles. The van der Waals surface area contributed by atoms with Crippen molar-refractivity contribution < 1.29 is 4.79 Å². The number of hydrogen-bond acceptors (Lipinski definition) is 4. The fourth-order valence-corrected chi connectivity index (χ4v) is 4.47. The van der Waals surface area contributed by atoms with Gasteiger partial charge in [-0.05, 0) is 25.8 Å². The molecule has 19 heavy (non-hydrogen) atoms. The first-order valence-electron chi connectivity index (χ1n) is 7.66. The molecule has 0 aromatic rings. The first-order valence-corrected chi connectivity index (χ1v) is 8.81. The molecule has 0 radical (unpaired) electrons. The molecule has 1 N–H and O–H groups in total. The van der Waals surface area contributed by atoms with Crippen LogP contribution in [0.15, 0.2) is 0 Å². The number of amides is 1. The molecule has 0 spiro atoms. The van der Waals surface area contributed by atoms with E-state index in [-0.39, 0.29) is 0 Å². The topological polar surface area (TPSA) is 35.6 Å². The van der Waals surface area contributed by atoms with Crippen molar-refractivity contribution in [2.45, 2.75) is 37.8 Å². The van der Waals surface area contributed by atoms with E-state index < -0.39 is 0 Å². The zero-order chi connectivity index (χ0) is 13.1. The van der Waals surface area contributed by atoms with Gasteiger partial charge in [0.15, 0.2) is 0 Å². The summed E-state index contributed by atoms with van der Waals surface area (Å²) in [4.78, 5) is 17.2. The fraction of sp³-hybridized carbons (Fsp3) is 0.929. The first kappa shape index (κ1) is 13.7. The summed E-state index contributed by atoms with van der Waals surface area (Å²) in [6, 6.07) is 1.04. The Morgan fingerprint density at radius 3 is 3.00 bits per heavy atom. The molecular formula is C14H25N3OS. The maximum atomic E-state index is 12.5. The van der Waals surface area contributed by atoms with Gasteiger partial charge in [-0.2, -0.15) is 11.8 Å². The van der Waals surface area contributed by atoms with Crippen LogP contribution in [0.25, 0.3) is 0 Å². The highest BCUT2D eigenvalue weighted by Gasteiger charge is 2.31. The van der Waals surface area contributed by atoms with E-state index >= 15 is 0 Å². The molecule has 0 aliphatic carbocycles. The number of fused-ring (bicyclic) bond motifs is 1. The molecule has 3 fully saturated rings. The summed E-state index contributed by atoms with van der Waals surface area (Å²) in [5, 5.41) is 3.47. The maximum absolute atomic E-state index is 12.5. The normalized spacial score (nSPS) is 32.9. The number of thioether (sulfide) groups is 1. The van der Waals surface area contributed by atoms with Gasteiger partial charge in [-0.25, -0.2) is 0 Å². The first-order chi connectivity index (χ1) is 9.33. The minimum absolute atomic E-state index is 0.369. The molecule has 108 valence electrons. The van der Waals surface area contributed by atoms with E-state index in [1.54, 1.807) is 0 Å². The van der Waals surface area contributed by atoms with E-state index in [0.717, 1.165) is 31.8 Å². The third-order valence-electron chi connectivity index (χ3n) is 4.58. The maximum Gasteiger partial charge on any atom is 0.224 e. The number of carbonyl (C=O) groups excluding carboxylic acids is 1. The van der Waals surface area contributed by atoms with Gasteiger partial charge in [0.05, 0.1) is 0 Å². The summed E-state index contributed by atoms with van der Waals surface area (Å²) < 4.78 is 0. The monoisotopic (exact) mass is 283 g/mol. The van der Waals surface area contributed by atoms with E-state index in [4.69, 9.17) is 0 Å². The molecule has 0 saturated carbocycles. The molecule has 4 nitrogen and oxygen atoms in total. The predicted molar refractivity (Wildman–Crippen MR) is 79.5 cm³/mol. The summed E-state index contributed by atoms with van der Waals surface area (Å²) >= 11 is 1.97. The Balaban J connectivity index is 1.53. The highest BCUT2D eigenvalue weighted by molar-refractivity contribution is 7.99. The number of hydrogen-bond donors (Lipinski definition) is 1. The molecule has 3 rings (SSSR count). The zero-order valence-corrected chi connectivity index (χ0v) is 12.5. The van der Waals surface area contributed by atoms with Crippen molar-refractivity contribution in [1.82, 2.24) is 15.1 Å². The van der Waals surface area contributed by atoms with Crippen LogP contribution in [-0.2, 0) is 4.79 Å². The SMILES string of the molecule is O=C(CC1CSCCN1)N1CCCN2CCCC2C1. The van der Waals surface area contributed by atoms with Crippen LogP contribution < -0.4 is 5.32 Å². The van der Waals surface area contributed by atoms with Gasteiger partial charge < -0.3 is 10.2 Å². The lowest BCUT2D eigenvalue weighted by atomic mass is 10.1. The van der Waals surface area contributed by atoms with Crippen LogP contribution in [-0.4, -0.2) is 72.0 Å². The Bertz CT molecular complexity index is 320. The number of nitrogens with zero attached hydrogens (tertiary/aromatic N) is 2. The smallest absolute Gasteiger partial charge is 0.224 e. The van der Waals surface area contributed by atoms with Crippen molar-refractivity contribution in [1.29, 1.82) is 0 Å². The second kappa shape index (κ2) is 6.46.